The molecule has 1 aliphatic carbocycles. The number of rotatable bonds is 6. The van der Waals surface area contributed by atoms with Gasteiger partial charge < -0.3 is 20.1 Å². The van der Waals surface area contributed by atoms with E-state index in [1.807, 2.05) is 24.3 Å². The van der Waals surface area contributed by atoms with Gasteiger partial charge in [-0.05, 0) is 46.4 Å². The Morgan fingerprint density at radius 2 is 1.65 bits per heavy atom. The lowest BCUT2D eigenvalue weighted by molar-refractivity contribution is -0.118. The number of nitrogens with zero attached hydrogens (tertiary/aromatic N) is 1. The largest absolute Gasteiger partial charge is 0.478 e. The monoisotopic (exact) mass is 456 g/mol. The van der Waals surface area contributed by atoms with Crippen LogP contribution in [-0.4, -0.2) is 42.8 Å². The predicted octanol–water partition coefficient (Wildman–Crippen LogP) is 4.20. The minimum atomic E-state index is -1.03. The average molecular weight is 456 g/mol. The molecule has 0 fully saturated rings. The Morgan fingerprint density at radius 3 is 2.32 bits per heavy atom. The highest BCUT2D eigenvalue weighted by Crippen LogP contribution is 2.44. The standard InChI is InChI=1S/C27H24N2O5/c30-25(29-14-12-17-9-10-18(26(31)32)15-24(17)29)11-13-28-27(33)34-16-23-21-7-3-1-5-19(21)20-6-2-4-8-22(20)23/h1-10,15,23H,11-14,16H2,(H,28,33)(H,31,32). The van der Waals surface area contributed by atoms with E-state index in [1.54, 1.807) is 17.0 Å². The number of hydrogen-bond acceptors (Lipinski definition) is 4. The lowest BCUT2D eigenvalue weighted by atomic mass is 9.98. The average Bonchev–Trinajstić information content (AvgIpc) is 3.41. The van der Waals surface area contributed by atoms with E-state index in [4.69, 9.17) is 4.74 Å². The number of carboxylic acid groups (broad SMARTS) is 1. The van der Waals surface area contributed by atoms with Gasteiger partial charge in [-0.25, -0.2) is 9.59 Å². The normalized spacial score (nSPS) is 13.7. The van der Waals surface area contributed by atoms with Crippen LogP contribution in [0.1, 0.15) is 39.4 Å². The molecule has 2 N–H and O–H groups in total. The van der Waals surface area contributed by atoms with Crippen molar-refractivity contribution in [2.75, 3.05) is 24.6 Å². The Morgan fingerprint density at radius 1 is 0.971 bits per heavy atom. The molecule has 34 heavy (non-hydrogen) atoms. The van der Waals surface area contributed by atoms with E-state index in [2.05, 4.69) is 29.6 Å². The molecular formula is C27H24N2O5. The van der Waals surface area contributed by atoms with Crippen molar-refractivity contribution in [2.24, 2.45) is 0 Å². The molecule has 7 nitrogen and oxygen atoms in total. The van der Waals surface area contributed by atoms with Crippen molar-refractivity contribution in [2.45, 2.75) is 18.8 Å². The van der Waals surface area contributed by atoms with E-state index in [1.165, 1.54) is 6.07 Å². The van der Waals surface area contributed by atoms with Crippen molar-refractivity contribution in [1.82, 2.24) is 5.32 Å². The number of carboxylic acids is 1. The molecule has 0 aromatic heterocycles. The van der Waals surface area contributed by atoms with Gasteiger partial charge in [-0.3, -0.25) is 4.79 Å². The molecule has 0 spiro atoms. The van der Waals surface area contributed by atoms with Crippen molar-refractivity contribution < 1.29 is 24.2 Å². The van der Waals surface area contributed by atoms with Gasteiger partial charge in [-0.2, -0.15) is 0 Å². The maximum absolute atomic E-state index is 12.7. The first kappa shape index (κ1) is 21.7. The number of aromatic carboxylic acids is 1. The Bertz CT molecular complexity index is 1240. The van der Waals surface area contributed by atoms with Gasteiger partial charge in [0.1, 0.15) is 6.61 Å². The van der Waals surface area contributed by atoms with Crippen LogP contribution in [-0.2, 0) is 16.0 Å². The van der Waals surface area contributed by atoms with Crippen LogP contribution in [0.2, 0.25) is 0 Å². The first-order valence-corrected chi connectivity index (χ1v) is 11.3. The van der Waals surface area contributed by atoms with E-state index in [9.17, 15) is 19.5 Å². The zero-order chi connectivity index (χ0) is 23.7. The third kappa shape index (κ3) is 4.01. The molecular weight excluding hydrogens is 432 g/mol. The van der Waals surface area contributed by atoms with Crippen molar-refractivity contribution in [3.8, 4) is 11.1 Å². The summed E-state index contributed by atoms with van der Waals surface area (Å²) >= 11 is 0. The second kappa shape index (κ2) is 9.02. The second-order valence-corrected chi connectivity index (χ2v) is 8.45. The summed E-state index contributed by atoms with van der Waals surface area (Å²) < 4.78 is 5.51. The van der Waals surface area contributed by atoms with Crippen LogP contribution in [0, 0.1) is 0 Å². The summed E-state index contributed by atoms with van der Waals surface area (Å²) in [4.78, 5) is 37.9. The summed E-state index contributed by atoms with van der Waals surface area (Å²) in [5.74, 6) is -1.22. The molecule has 1 heterocycles. The smallest absolute Gasteiger partial charge is 0.407 e. The predicted molar refractivity (Wildman–Crippen MR) is 127 cm³/mol. The number of ether oxygens (including phenoxy) is 1. The maximum atomic E-state index is 12.7. The van der Waals surface area contributed by atoms with Crippen LogP contribution in [0.15, 0.2) is 66.7 Å². The van der Waals surface area contributed by atoms with E-state index in [-0.39, 0.29) is 37.0 Å². The molecule has 7 heteroatoms. The van der Waals surface area contributed by atoms with Gasteiger partial charge in [0.15, 0.2) is 0 Å². The lowest BCUT2D eigenvalue weighted by Gasteiger charge is -2.18. The highest BCUT2D eigenvalue weighted by Gasteiger charge is 2.29. The molecule has 0 unspecified atom stereocenters. The number of amides is 2. The molecule has 172 valence electrons. The fourth-order valence-electron chi connectivity index (χ4n) is 4.83. The molecule has 1 aliphatic heterocycles. The van der Waals surface area contributed by atoms with Crippen LogP contribution in [0.25, 0.3) is 11.1 Å². The first-order valence-electron chi connectivity index (χ1n) is 11.3. The van der Waals surface area contributed by atoms with Gasteiger partial charge in [0.05, 0.1) is 5.56 Å². The van der Waals surface area contributed by atoms with E-state index in [0.29, 0.717) is 18.7 Å². The molecule has 0 bridgehead atoms. The zero-order valence-corrected chi connectivity index (χ0v) is 18.5. The molecule has 3 aromatic rings. The van der Waals surface area contributed by atoms with Crippen molar-refractivity contribution in [3.05, 3.63) is 89.0 Å². The lowest BCUT2D eigenvalue weighted by Crippen LogP contribution is -2.34. The highest BCUT2D eigenvalue weighted by molar-refractivity contribution is 5.98. The van der Waals surface area contributed by atoms with Gasteiger partial charge >= 0.3 is 12.1 Å². The Hall–Kier alpha value is -4.13. The third-order valence-corrected chi connectivity index (χ3v) is 6.48. The van der Waals surface area contributed by atoms with Crippen LogP contribution >= 0.6 is 0 Å². The minimum Gasteiger partial charge on any atom is -0.478 e. The quantitative estimate of drug-likeness (QED) is 0.580. The van der Waals surface area contributed by atoms with Crippen LogP contribution in [0.4, 0.5) is 10.5 Å². The van der Waals surface area contributed by atoms with Crippen molar-refractivity contribution >= 4 is 23.7 Å². The van der Waals surface area contributed by atoms with Gasteiger partial charge in [0.2, 0.25) is 5.91 Å². The number of anilines is 1. The topological polar surface area (TPSA) is 95.9 Å². The number of nitrogens with one attached hydrogen (secondary N) is 1. The second-order valence-electron chi connectivity index (χ2n) is 8.45. The van der Waals surface area contributed by atoms with E-state index >= 15 is 0 Å². The number of fused-ring (bicyclic) bond motifs is 4. The number of carbonyl (C=O) groups excluding carboxylic acids is 2. The summed E-state index contributed by atoms with van der Waals surface area (Å²) in [6, 6.07) is 21.1. The SMILES string of the molecule is O=C(NCCC(=O)N1CCc2ccc(C(=O)O)cc21)OCC1c2ccccc2-c2ccccc21. The summed E-state index contributed by atoms with van der Waals surface area (Å²) in [7, 11) is 0. The fraction of sp³-hybridized carbons (Fsp3) is 0.222. The number of hydrogen-bond donors (Lipinski definition) is 2. The molecule has 2 aliphatic rings. The van der Waals surface area contributed by atoms with Crippen LogP contribution in [0.3, 0.4) is 0 Å². The van der Waals surface area contributed by atoms with Gasteiger partial charge in [0, 0.05) is 31.1 Å². The molecule has 0 atom stereocenters. The molecule has 3 aromatic carbocycles. The Balaban J connectivity index is 1.15. The fourth-order valence-corrected chi connectivity index (χ4v) is 4.83. The Kier molecular flexibility index (Phi) is 5.76. The summed E-state index contributed by atoms with van der Waals surface area (Å²) in [5.41, 5.74) is 6.33. The first-order chi connectivity index (χ1) is 16.5. The van der Waals surface area contributed by atoms with E-state index in [0.717, 1.165) is 27.8 Å². The minimum absolute atomic E-state index is 0.0238. The van der Waals surface area contributed by atoms with Crippen molar-refractivity contribution in [3.63, 3.8) is 0 Å². The summed E-state index contributed by atoms with van der Waals surface area (Å²) in [6.07, 6.45) is 0.214. The maximum Gasteiger partial charge on any atom is 0.407 e. The molecule has 2 amide bonds. The third-order valence-electron chi connectivity index (χ3n) is 6.48. The highest BCUT2D eigenvalue weighted by atomic mass is 16.5. The number of alkyl carbamates (subject to hydrolysis) is 1. The number of carbonyl (C=O) groups is 3. The molecule has 0 saturated carbocycles. The zero-order valence-electron chi connectivity index (χ0n) is 18.5. The van der Waals surface area contributed by atoms with E-state index < -0.39 is 12.1 Å². The molecule has 5 rings (SSSR count). The number of benzene rings is 3. The Labute approximate surface area is 197 Å². The van der Waals surface area contributed by atoms with Gasteiger partial charge in [-0.15, -0.1) is 0 Å². The van der Waals surface area contributed by atoms with Gasteiger partial charge in [-0.1, -0.05) is 54.6 Å². The van der Waals surface area contributed by atoms with Crippen LogP contribution in [0.5, 0.6) is 0 Å². The van der Waals surface area contributed by atoms with Crippen molar-refractivity contribution in [1.29, 1.82) is 0 Å². The molecule has 0 radical (unpaired) electrons. The summed E-state index contributed by atoms with van der Waals surface area (Å²) in [6.45, 7) is 0.855. The summed E-state index contributed by atoms with van der Waals surface area (Å²) in [5, 5.41) is 11.9. The van der Waals surface area contributed by atoms with Crippen LogP contribution < -0.4 is 10.2 Å². The van der Waals surface area contributed by atoms with Gasteiger partial charge in [0.25, 0.3) is 0 Å². The molecule has 0 saturated heterocycles.